The second-order valence-corrected chi connectivity index (χ2v) is 4.79. The van der Waals surface area contributed by atoms with E-state index in [2.05, 4.69) is 10.1 Å². The van der Waals surface area contributed by atoms with E-state index in [1.807, 2.05) is 0 Å². The van der Waals surface area contributed by atoms with Crippen LogP contribution in [0.15, 0.2) is 35.0 Å². The van der Waals surface area contributed by atoms with Crippen molar-refractivity contribution in [3.63, 3.8) is 0 Å². The molecule has 3 nitrogen and oxygen atoms in total. The number of anilines is 1. The first-order chi connectivity index (χ1) is 9.85. The van der Waals surface area contributed by atoms with Crippen LogP contribution in [0.3, 0.4) is 0 Å². The van der Waals surface area contributed by atoms with Crippen molar-refractivity contribution in [1.29, 1.82) is 0 Å². The van der Waals surface area contributed by atoms with E-state index in [0.29, 0.717) is 5.56 Å². The molecule has 1 aromatic carbocycles. The van der Waals surface area contributed by atoms with Gasteiger partial charge in [0.05, 0.1) is 11.3 Å². The highest BCUT2D eigenvalue weighted by molar-refractivity contribution is 7.08. The molecule has 0 atom stereocenters. The van der Waals surface area contributed by atoms with Gasteiger partial charge >= 0.3 is 6.18 Å². The van der Waals surface area contributed by atoms with E-state index in [1.54, 1.807) is 16.8 Å². The van der Waals surface area contributed by atoms with E-state index in [1.165, 1.54) is 11.3 Å². The van der Waals surface area contributed by atoms with Gasteiger partial charge in [-0.2, -0.15) is 24.5 Å². The van der Waals surface area contributed by atoms with Crippen LogP contribution in [0, 0.1) is 5.82 Å². The Bertz CT molecular complexity index is 626. The number of carbonyl (C=O) groups excluding carboxylic acids is 1. The minimum atomic E-state index is -4.55. The number of alkyl halides is 3. The topological polar surface area (TPSA) is 38.3 Å². The molecule has 0 saturated heterocycles. The highest BCUT2D eigenvalue weighted by Gasteiger charge is 2.29. The quantitative estimate of drug-likeness (QED) is 0.862. The number of hydrogen-bond acceptors (Lipinski definition) is 3. The van der Waals surface area contributed by atoms with E-state index >= 15 is 0 Å². The fraction of sp³-hybridized carbons (Fsp3) is 0.154. The lowest BCUT2D eigenvalue weighted by atomic mass is 10.2. The number of thiophene rings is 1. The van der Waals surface area contributed by atoms with Crippen molar-refractivity contribution in [2.45, 2.75) is 6.18 Å². The number of carbonyl (C=O) groups is 1. The first kappa shape index (κ1) is 15.3. The van der Waals surface area contributed by atoms with Crippen LogP contribution in [0.4, 0.5) is 23.2 Å². The van der Waals surface area contributed by atoms with Crippen molar-refractivity contribution in [3.05, 3.63) is 46.4 Å². The third kappa shape index (κ3) is 4.45. The molecule has 1 heterocycles. The maximum Gasteiger partial charge on any atom is 0.422 e. The van der Waals surface area contributed by atoms with Crippen molar-refractivity contribution >= 4 is 22.9 Å². The molecule has 0 fully saturated rings. The second-order valence-electron chi connectivity index (χ2n) is 4.01. The lowest BCUT2D eigenvalue weighted by molar-refractivity contribution is -0.153. The molecular formula is C13H9F4NO2S. The third-order valence-electron chi connectivity index (χ3n) is 2.37. The molecule has 0 aliphatic carbocycles. The van der Waals surface area contributed by atoms with Crippen LogP contribution < -0.4 is 10.1 Å². The van der Waals surface area contributed by atoms with Gasteiger partial charge in [0.15, 0.2) is 6.61 Å². The molecule has 1 aromatic heterocycles. The van der Waals surface area contributed by atoms with Crippen molar-refractivity contribution in [2.75, 3.05) is 11.9 Å². The Morgan fingerprint density at radius 2 is 2.05 bits per heavy atom. The van der Waals surface area contributed by atoms with Gasteiger partial charge in [-0.05, 0) is 23.6 Å². The van der Waals surface area contributed by atoms with Gasteiger partial charge in [0, 0.05) is 11.4 Å². The van der Waals surface area contributed by atoms with E-state index in [4.69, 9.17) is 0 Å². The molecule has 0 saturated carbocycles. The van der Waals surface area contributed by atoms with Gasteiger partial charge in [-0.3, -0.25) is 4.79 Å². The van der Waals surface area contributed by atoms with Crippen molar-refractivity contribution < 1.29 is 27.1 Å². The largest absolute Gasteiger partial charge is 0.482 e. The molecule has 0 bridgehead atoms. The Balaban J connectivity index is 2.16. The van der Waals surface area contributed by atoms with E-state index in [0.717, 1.165) is 18.2 Å². The fourth-order valence-corrected chi connectivity index (χ4v) is 2.10. The first-order valence-corrected chi connectivity index (χ1v) is 6.62. The molecule has 2 rings (SSSR count). The number of ether oxygens (including phenoxy) is 1. The van der Waals surface area contributed by atoms with Gasteiger partial charge in [-0.15, -0.1) is 0 Å². The summed E-state index contributed by atoms with van der Waals surface area (Å²) in [6, 6.07) is 4.50. The smallest absolute Gasteiger partial charge is 0.422 e. The molecule has 1 amide bonds. The zero-order valence-electron chi connectivity index (χ0n) is 10.4. The standard InChI is InChI=1S/C13H9F4NO2S/c14-9-1-2-10(11(5-9)20-7-13(15,16)17)18-12(19)8-3-4-21-6-8/h1-6H,7H2,(H,18,19). The van der Waals surface area contributed by atoms with Crippen LogP contribution >= 0.6 is 11.3 Å². The van der Waals surface area contributed by atoms with Gasteiger partial charge in [-0.25, -0.2) is 4.39 Å². The lowest BCUT2D eigenvalue weighted by Crippen LogP contribution is -2.20. The summed E-state index contributed by atoms with van der Waals surface area (Å²) >= 11 is 1.30. The Morgan fingerprint density at radius 1 is 1.29 bits per heavy atom. The molecule has 0 aliphatic rings. The predicted octanol–water partition coefficient (Wildman–Crippen LogP) is 4.08. The fourth-order valence-electron chi connectivity index (χ4n) is 1.47. The minimum Gasteiger partial charge on any atom is -0.482 e. The average molecular weight is 319 g/mol. The van der Waals surface area contributed by atoms with Crippen LogP contribution in [-0.4, -0.2) is 18.7 Å². The molecule has 2 aromatic rings. The van der Waals surface area contributed by atoms with Gasteiger partial charge in [0.25, 0.3) is 5.91 Å². The SMILES string of the molecule is O=C(Nc1ccc(F)cc1OCC(F)(F)F)c1ccsc1. The van der Waals surface area contributed by atoms with Gasteiger partial charge in [0.2, 0.25) is 0 Å². The molecule has 0 aliphatic heterocycles. The van der Waals surface area contributed by atoms with Crippen LogP contribution in [0.25, 0.3) is 0 Å². The number of nitrogens with one attached hydrogen (secondary N) is 1. The Morgan fingerprint density at radius 3 is 2.67 bits per heavy atom. The Kier molecular flexibility index (Phi) is 4.46. The van der Waals surface area contributed by atoms with E-state index in [9.17, 15) is 22.4 Å². The maximum absolute atomic E-state index is 13.1. The van der Waals surface area contributed by atoms with Gasteiger partial charge in [0.1, 0.15) is 11.6 Å². The summed E-state index contributed by atoms with van der Waals surface area (Å²) in [5.41, 5.74) is 0.322. The number of hydrogen-bond donors (Lipinski definition) is 1. The zero-order chi connectivity index (χ0) is 15.5. The highest BCUT2D eigenvalue weighted by Crippen LogP contribution is 2.28. The zero-order valence-corrected chi connectivity index (χ0v) is 11.2. The number of benzene rings is 1. The lowest BCUT2D eigenvalue weighted by Gasteiger charge is -2.13. The average Bonchev–Trinajstić information content (AvgIpc) is 2.92. The van der Waals surface area contributed by atoms with Crippen LogP contribution in [0.2, 0.25) is 0 Å². The molecule has 0 radical (unpaired) electrons. The normalized spacial score (nSPS) is 11.2. The minimum absolute atomic E-state index is 0.0307. The summed E-state index contributed by atoms with van der Waals surface area (Å²) in [5.74, 6) is -1.66. The number of halogens is 4. The maximum atomic E-state index is 13.1. The predicted molar refractivity (Wildman–Crippen MR) is 70.2 cm³/mol. The summed E-state index contributed by atoms with van der Waals surface area (Å²) in [6.07, 6.45) is -4.55. The third-order valence-corrected chi connectivity index (χ3v) is 3.05. The van der Waals surface area contributed by atoms with Crippen molar-refractivity contribution in [2.24, 2.45) is 0 Å². The molecule has 21 heavy (non-hydrogen) atoms. The van der Waals surface area contributed by atoms with Gasteiger partial charge in [-0.1, -0.05) is 0 Å². The molecule has 112 valence electrons. The molecule has 8 heteroatoms. The molecular weight excluding hydrogens is 310 g/mol. The first-order valence-electron chi connectivity index (χ1n) is 5.68. The van der Waals surface area contributed by atoms with Gasteiger partial charge < -0.3 is 10.1 Å². The van der Waals surface area contributed by atoms with E-state index in [-0.39, 0.29) is 11.4 Å². The molecule has 1 N–H and O–H groups in total. The summed E-state index contributed by atoms with van der Waals surface area (Å²) in [6.45, 7) is -1.57. The number of rotatable bonds is 4. The summed E-state index contributed by atoms with van der Waals surface area (Å²) in [5, 5.41) is 5.64. The Hall–Kier alpha value is -2.09. The molecule has 0 spiro atoms. The second kappa shape index (κ2) is 6.13. The summed E-state index contributed by atoms with van der Waals surface area (Å²) < 4.78 is 54.1. The van der Waals surface area contributed by atoms with Crippen LogP contribution in [0.1, 0.15) is 10.4 Å². The highest BCUT2D eigenvalue weighted by atomic mass is 32.1. The van der Waals surface area contributed by atoms with E-state index < -0.39 is 24.5 Å². The molecule has 0 unspecified atom stereocenters. The van der Waals surface area contributed by atoms with Crippen molar-refractivity contribution in [3.8, 4) is 5.75 Å². The van der Waals surface area contributed by atoms with Crippen LogP contribution in [-0.2, 0) is 0 Å². The summed E-state index contributed by atoms with van der Waals surface area (Å²) in [7, 11) is 0. The Labute approximate surface area is 121 Å². The summed E-state index contributed by atoms with van der Waals surface area (Å²) in [4.78, 5) is 11.8. The monoisotopic (exact) mass is 319 g/mol. The van der Waals surface area contributed by atoms with Crippen molar-refractivity contribution in [1.82, 2.24) is 0 Å². The number of amides is 1. The van der Waals surface area contributed by atoms with Crippen LogP contribution in [0.5, 0.6) is 5.75 Å².